The van der Waals surface area contributed by atoms with Gasteiger partial charge in [0, 0.05) is 6.04 Å². The largest absolute Gasteiger partial charge is 0.314 e. The molecule has 1 fully saturated rings. The Hall–Kier alpha value is -0.0400. The second-order valence-electron chi connectivity index (χ2n) is 7.66. The first-order valence-corrected chi connectivity index (χ1v) is 7.43. The molecule has 17 heavy (non-hydrogen) atoms. The second kappa shape index (κ2) is 5.30. The highest BCUT2D eigenvalue weighted by atomic mass is 14.9. The minimum Gasteiger partial charge on any atom is -0.314 e. The number of hydrogen-bond acceptors (Lipinski definition) is 1. The lowest BCUT2D eigenvalue weighted by molar-refractivity contribution is 0.00365. The van der Waals surface area contributed by atoms with E-state index in [-0.39, 0.29) is 0 Å². The highest BCUT2D eigenvalue weighted by molar-refractivity contribution is 4.96. The molecule has 1 N–H and O–H groups in total. The van der Waals surface area contributed by atoms with E-state index >= 15 is 0 Å². The highest BCUT2D eigenvalue weighted by Gasteiger charge is 2.44. The summed E-state index contributed by atoms with van der Waals surface area (Å²) in [5.41, 5.74) is 0.784. The molecule has 1 aliphatic carbocycles. The maximum absolute atomic E-state index is 3.74. The molecule has 1 heteroatoms. The van der Waals surface area contributed by atoms with Gasteiger partial charge in [0.15, 0.2) is 0 Å². The first-order valence-electron chi connectivity index (χ1n) is 7.43. The van der Waals surface area contributed by atoms with Gasteiger partial charge in [-0.05, 0) is 42.1 Å². The molecule has 1 nitrogen and oxygen atoms in total. The third kappa shape index (κ3) is 3.24. The van der Waals surface area contributed by atoms with E-state index in [9.17, 15) is 0 Å². The predicted octanol–water partition coefficient (Wildman–Crippen LogP) is 4.47. The van der Waals surface area contributed by atoms with Crippen molar-refractivity contribution in [2.24, 2.45) is 22.7 Å². The van der Waals surface area contributed by atoms with Gasteiger partial charge in [-0.2, -0.15) is 0 Å². The lowest BCUT2D eigenvalue weighted by atomic mass is 9.56. The fourth-order valence-electron chi connectivity index (χ4n) is 3.29. The van der Waals surface area contributed by atoms with Gasteiger partial charge in [0.25, 0.3) is 0 Å². The molecule has 0 aromatic carbocycles. The lowest BCUT2D eigenvalue weighted by Crippen LogP contribution is -2.50. The summed E-state index contributed by atoms with van der Waals surface area (Å²) in [4.78, 5) is 0. The van der Waals surface area contributed by atoms with Gasteiger partial charge in [0.2, 0.25) is 0 Å². The number of nitrogens with one attached hydrogen (secondary N) is 1. The third-order valence-corrected chi connectivity index (χ3v) is 5.44. The molecular weight excluding hydrogens is 206 g/mol. The van der Waals surface area contributed by atoms with Crippen molar-refractivity contribution < 1.29 is 0 Å². The van der Waals surface area contributed by atoms with E-state index in [1.54, 1.807) is 0 Å². The maximum atomic E-state index is 3.74. The Morgan fingerprint density at radius 3 is 2.12 bits per heavy atom. The first kappa shape index (κ1) is 15.0. The molecule has 3 atom stereocenters. The van der Waals surface area contributed by atoms with Gasteiger partial charge in [-0.25, -0.2) is 0 Å². The Labute approximate surface area is 109 Å². The van der Waals surface area contributed by atoms with Crippen molar-refractivity contribution in [2.75, 3.05) is 6.54 Å². The van der Waals surface area contributed by atoms with Gasteiger partial charge in [-0.15, -0.1) is 0 Å². The van der Waals surface area contributed by atoms with E-state index in [4.69, 9.17) is 0 Å². The molecule has 0 radical (unpaired) electrons. The summed E-state index contributed by atoms with van der Waals surface area (Å²) >= 11 is 0. The molecule has 0 aliphatic heterocycles. The molecule has 1 aliphatic rings. The van der Waals surface area contributed by atoms with Crippen LogP contribution in [0.2, 0.25) is 0 Å². The molecule has 0 bridgehead atoms. The summed E-state index contributed by atoms with van der Waals surface area (Å²) in [6.07, 6.45) is 4.16. The summed E-state index contributed by atoms with van der Waals surface area (Å²) in [7, 11) is 0. The van der Waals surface area contributed by atoms with Crippen molar-refractivity contribution in [2.45, 2.75) is 73.8 Å². The van der Waals surface area contributed by atoms with Crippen LogP contribution in [0.4, 0.5) is 0 Å². The van der Waals surface area contributed by atoms with E-state index in [1.165, 1.54) is 19.3 Å². The van der Waals surface area contributed by atoms with Crippen molar-refractivity contribution in [1.29, 1.82) is 0 Å². The minimum absolute atomic E-state index is 0.381. The van der Waals surface area contributed by atoms with Gasteiger partial charge in [0.1, 0.15) is 0 Å². The zero-order chi connectivity index (χ0) is 13.3. The molecule has 0 spiro atoms. The van der Waals surface area contributed by atoms with Crippen LogP contribution in [0.15, 0.2) is 0 Å². The maximum Gasteiger partial charge on any atom is 0.0103 e. The molecule has 102 valence electrons. The zero-order valence-electron chi connectivity index (χ0n) is 13.1. The third-order valence-electron chi connectivity index (χ3n) is 5.44. The average Bonchev–Trinajstić information content (AvgIpc) is 2.16. The highest BCUT2D eigenvalue weighted by Crippen LogP contribution is 2.50. The monoisotopic (exact) mass is 239 g/mol. The van der Waals surface area contributed by atoms with Crippen LogP contribution in [0.1, 0.15) is 67.7 Å². The Balaban J connectivity index is 2.86. The molecule has 1 rings (SSSR count). The van der Waals surface area contributed by atoms with E-state index in [0.717, 1.165) is 24.4 Å². The van der Waals surface area contributed by atoms with Gasteiger partial charge < -0.3 is 5.32 Å². The predicted molar refractivity (Wildman–Crippen MR) is 77.2 cm³/mol. The van der Waals surface area contributed by atoms with Crippen molar-refractivity contribution >= 4 is 0 Å². The molecule has 0 amide bonds. The lowest BCUT2D eigenvalue weighted by Gasteiger charge is -2.51. The molecule has 3 unspecified atom stereocenters. The number of rotatable bonds is 3. The van der Waals surface area contributed by atoms with Gasteiger partial charge >= 0.3 is 0 Å². The quantitative estimate of drug-likeness (QED) is 0.766. The Morgan fingerprint density at radius 2 is 1.65 bits per heavy atom. The fraction of sp³-hybridized carbons (Fsp3) is 1.00. The molecule has 0 heterocycles. The van der Waals surface area contributed by atoms with Gasteiger partial charge in [-0.3, -0.25) is 0 Å². The summed E-state index contributed by atoms with van der Waals surface area (Å²) < 4.78 is 0. The summed E-state index contributed by atoms with van der Waals surface area (Å²) in [5, 5.41) is 3.74. The van der Waals surface area contributed by atoms with Crippen LogP contribution >= 0.6 is 0 Å². The molecular formula is C16H33N. The normalized spacial score (nSPS) is 31.6. The molecule has 0 aromatic heterocycles. The van der Waals surface area contributed by atoms with Crippen molar-refractivity contribution in [1.82, 2.24) is 5.32 Å². The topological polar surface area (TPSA) is 12.0 Å². The fourth-order valence-corrected chi connectivity index (χ4v) is 3.29. The van der Waals surface area contributed by atoms with Crippen molar-refractivity contribution in [3.63, 3.8) is 0 Å². The van der Waals surface area contributed by atoms with Crippen molar-refractivity contribution in [3.8, 4) is 0 Å². The average molecular weight is 239 g/mol. The van der Waals surface area contributed by atoms with Crippen LogP contribution in [0.5, 0.6) is 0 Å². The molecule has 0 saturated heterocycles. The summed E-state index contributed by atoms with van der Waals surface area (Å²) in [5.74, 6) is 1.71. The van der Waals surface area contributed by atoms with E-state index < -0.39 is 0 Å². The van der Waals surface area contributed by atoms with Crippen LogP contribution in [0.3, 0.4) is 0 Å². The molecule has 1 saturated carbocycles. The van der Waals surface area contributed by atoms with Gasteiger partial charge in [0.05, 0.1) is 0 Å². The Kier molecular flexibility index (Phi) is 4.68. The summed E-state index contributed by atoms with van der Waals surface area (Å²) in [6, 6.07) is 0.720. The SMILES string of the molecule is CCNC1CC(C)CCC1C(C)(C)C(C)(C)C. The first-order chi connectivity index (χ1) is 7.70. The molecule has 0 aromatic rings. The standard InChI is InChI=1S/C16H33N/c1-8-17-14-11-12(2)9-10-13(14)16(6,7)15(3,4)5/h12-14,17H,8-11H2,1-7H3. The Morgan fingerprint density at radius 1 is 1.06 bits per heavy atom. The Bertz CT molecular complexity index is 236. The second-order valence-corrected chi connectivity index (χ2v) is 7.66. The van der Waals surface area contributed by atoms with Crippen LogP contribution in [-0.2, 0) is 0 Å². The van der Waals surface area contributed by atoms with E-state index in [2.05, 4.69) is 53.8 Å². The zero-order valence-corrected chi connectivity index (χ0v) is 13.1. The van der Waals surface area contributed by atoms with Crippen LogP contribution in [-0.4, -0.2) is 12.6 Å². The van der Waals surface area contributed by atoms with E-state index in [1.807, 2.05) is 0 Å². The van der Waals surface area contributed by atoms with Crippen LogP contribution in [0.25, 0.3) is 0 Å². The van der Waals surface area contributed by atoms with E-state index in [0.29, 0.717) is 10.8 Å². The summed E-state index contributed by atoms with van der Waals surface area (Å²) in [6.45, 7) is 17.9. The minimum atomic E-state index is 0.381. The smallest absolute Gasteiger partial charge is 0.0103 e. The van der Waals surface area contributed by atoms with Crippen LogP contribution in [0, 0.1) is 22.7 Å². The van der Waals surface area contributed by atoms with Gasteiger partial charge in [-0.1, -0.05) is 54.9 Å². The van der Waals surface area contributed by atoms with Crippen LogP contribution < -0.4 is 5.32 Å². The van der Waals surface area contributed by atoms with Crippen molar-refractivity contribution in [3.05, 3.63) is 0 Å². The number of hydrogen-bond donors (Lipinski definition) is 1.